The molecule has 0 saturated carbocycles. The monoisotopic (exact) mass is 277 g/mol. The van der Waals surface area contributed by atoms with Gasteiger partial charge in [-0.1, -0.05) is 0 Å². The van der Waals surface area contributed by atoms with Crippen LogP contribution in [0.4, 0.5) is 0 Å². The first-order valence-electron chi connectivity index (χ1n) is 6.75. The summed E-state index contributed by atoms with van der Waals surface area (Å²) in [4.78, 5) is 6.56. The van der Waals surface area contributed by atoms with Crippen molar-refractivity contribution in [2.24, 2.45) is 10.7 Å². The van der Waals surface area contributed by atoms with E-state index in [1.165, 1.54) is 0 Å². The van der Waals surface area contributed by atoms with Crippen LogP contribution in [-0.4, -0.2) is 37.7 Å². The van der Waals surface area contributed by atoms with Crippen LogP contribution in [0.5, 0.6) is 11.5 Å². The first kappa shape index (κ1) is 14.5. The van der Waals surface area contributed by atoms with Crippen molar-refractivity contribution in [2.45, 2.75) is 32.4 Å². The van der Waals surface area contributed by atoms with E-state index in [0.29, 0.717) is 12.5 Å². The van der Waals surface area contributed by atoms with Crippen LogP contribution in [0.3, 0.4) is 0 Å². The lowest BCUT2D eigenvalue weighted by atomic mass is 9.89. The minimum Gasteiger partial charge on any atom is -0.497 e. The van der Waals surface area contributed by atoms with Crippen LogP contribution in [-0.2, 0) is 5.54 Å². The van der Waals surface area contributed by atoms with Crippen molar-refractivity contribution in [1.29, 1.82) is 0 Å². The Balaban J connectivity index is 2.49. The van der Waals surface area contributed by atoms with Crippen molar-refractivity contribution in [3.8, 4) is 11.5 Å². The predicted molar refractivity (Wildman–Crippen MR) is 80.4 cm³/mol. The van der Waals surface area contributed by atoms with E-state index in [1.54, 1.807) is 14.2 Å². The van der Waals surface area contributed by atoms with Crippen molar-refractivity contribution < 1.29 is 9.47 Å². The Labute approximate surface area is 120 Å². The number of nitrogens with zero attached hydrogens (tertiary/aromatic N) is 2. The van der Waals surface area contributed by atoms with Crippen LogP contribution < -0.4 is 15.2 Å². The zero-order valence-electron chi connectivity index (χ0n) is 12.8. The van der Waals surface area contributed by atoms with Gasteiger partial charge in [0.25, 0.3) is 0 Å². The Morgan fingerprint density at radius 1 is 1.30 bits per heavy atom. The summed E-state index contributed by atoms with van der Waals surface area (Å²) in [6.07, 6.45) is 0. The molecule has 0 aromatic heterocycles. The maximum atomic E-state index is 6.05. The van der Waals surface area contributed by atoms with Gasteiger partial charge in [-0.25, -0.2) is 0 Å². The summed E-state index contributed by atoms with van der Waals surface area (Å²) in [5, 5.41) is 0. The molecule has 20 heavy (non-hydrogen) atoms. The van der Waals surface area contributed by atoms with E-state index in [1.807, 2.05) is 18.2 Å². The Morgan fingerprint density at radius 2 is 2.00 bits per heavy atom. The van der Waals surface area contributed by atoms with Gasteiger partial charge in [0.2, 0.25) is 0 Å². The van der Waals surface area contributed by atoms with Gasteiger partial charge in [-0.3, -0.25) is 4.99 Å². The molecule has 5 nitrogen and oxygen atoms in total. The largest absolute Gasteiger partial charge is 0.497 e. The van der Waals surface area contributed by atoms with E-state index < -0.39 is 0 Å². The number of rotatable bonds is 4. The summed E-state index contributed by atoms with van der Waals surface area (Å²) in [6.45, 7) is 6.99. The van der Waals surface area contributed by atoms with E-state index in [0.717, 1.165) is 17.1 Å². The lowest BCUT2D eigenvalue weighted by Crippen LogP contribution is -2.51. The predicted octanol–water partition coefficient (Wildman–Crippen LogP) is 1.96. The standard InChI is InChI=1S/C15H23N3O2/c1-10(2)18-14(16)17-9-15(18,3)12-7-6-11(19-4)8-13(12)20-5/h6-8,10H,9H2,1-5H3,(H2,16,17). The third-order valence-corrected chi connectivity index (χ3v) is 3.83. The van der Waals surface area contributed by atoms with Crippen molar-refractivity contribution in [3.63, 3.8) is 0 Å². The average Bonchev–Trinajstić information content (AvgIpc) is 2.74. The van der Waals surface area contributed by atoms with Crippen LogP contribution in [0.1, 0.15) is 26.3 Å². The van der Waals surface area contributed by atoms with Crippen molar-refractivity contribution in [3.05, 3.63) is 23.8 Å². The molecule has 1 atom stereocenters. The summed E-state index contributed by atoms with van der Waals surface area (Å²) >= 11 is 0. The number of ether oxygens (including phenoxy) is 2. The van der Waals surface area contributed by atoms with Crippen molar-refractivity contribution in [1.82, 2.24) is 4.90 Å². The van der Waals surface area contributed by atoms with Gasteiger partial charge in [0.1, 0.15) is 11.5 Å². The second-order valence-corrected chi connectivity index (χ2v) is 5.48. The fourth-order valence-corrected chi connectivity index (χ4v) is 2.93. The molecule has 0 bridgehead atoms. The molecule has 5 heteroatoms. The molecule has 0 radical (unpaired) electrons. The lowest BCUT2D eigenvalue weighted by molar-refractivity contribution is 0.180. The number of hydrogen-bond acceptors (Lipinski definition) is 5. The Bertz CT molecular complexity index is 528. The van der Waals surface area contributed by atoms with Crippen LogP contribution in [0.25, 0.3) is 0 Å². The molecule has 0 amide bonds. The molecule has 110 valence electrons. The summed E-state index contributed by atoms with van der Waals surface area (Å²) < 4.78 is 10.8. The van der Waals surface area contributed by atoms with E-state index >= 15 is 0 Å². The number of nitrogens with two attached hydrogens (primary N) is 1. The minimum atomic E-state index is -0.296. The lowest BCUT2D eigenvalue weighted by Gasteiger charge is -2.40. The second-order valence-electron chi connectivity index (χ2n) is 5.48. The van der Waals surface area contributed by atoms with Gasteiger partial charge < -0.3 is 20.1 Å². The highest BCUT2D eigenvalue weighted by Gasteiger charge is 2.42. The Hall–Kier alpha value is -1.91. The number of hydrogen-bond donors (Lipinski definition) is 1. The maximum absolute atomic E-state index is 6.05. The van der Waals surface area contributed by atoms with Crippen molar-refractivity contribution >= 4 is 5.96 Å². The van der Waals surface area contributed by atoms with Crippen LogP contribution in [0.15, 0.2) is 23.2 Å². The van der Waals surface area contributed by atoms with E-state index in [4.69, 9.17) is 15.2 Å². The molecular weight excluding hydrogens is 254 g/mol. The molecule has 0 saturated heterocycles. The van der Waals surface area contributed by atoms with Gasteiger partial charge in [-0.05, 0) is 32.9 Å². The van der Waals surface area contributed by atoms with Gasteiger partial charge in [0, 0.05) is 17.7 Å². The molecule has 2 rings (SSSR count). The zero-order valence-corrected chi connectivity index (χ0v) is 12.8. The fraction of sp³-hybridized carbons (Fsp3) is 0.533. The summed E-state index contributed by atoms with van der Waals surface area (Å²) in [5.74, 6) is 2.15. The molecule has 1 aliphatic heterocycles. The maximum Gasteiger partial charge on any atom is 0.192 e. The van der Waals surface area contributed by atoms with Gasteiger partial charge in [0.05, 0.1) is 26.3 Å². The average molecular weight is 277 g/mol. The van der Waals surface area contributed by atoms with E-state index in [-0.39, 0.29) is 11.6 Å². The summed E-state index contributed by atoms with van der Waals surface area (Å²) in [5.41, 5.74) is 6.82. The molecule has 1 aliphatic rings. The normalized spacial score (nSPS) is 22.1. The highest BCUT2D eigenvalue weighted by Crippen LogP contribution is 2.40. The first-order chi connectivity index (χ1) is 9.43. The smallest absolute Gasteiger partial charge is 0.192 e. The van der Waals surface area contributed by atoms with Crippen LogP contribution in [0, 0.1) is 0 Å². The van der Waals surface area contributed by atoms with Gasteiger partial charge >= 0.3 is 0 Å². The molecule has 0 aliphatic carbocycles. The number of aliphatic imine (C=N–C) groups is 1. The quantitative estimate of drug-likeness (QED) is 0.914. The summed E-state index contributed by atoms with van der Waals surface area (Å²) in [6, 6.07) is 6.13. The Kier molecular flexibility index (Phi) is 3.79. The molecule has 1 heterocycles. The molecule has 0 spiro atoms. The highest BCUT2D eigenvalue weighted by molar-refractivity contribution is 5.81. The SMILES string of the molecule is COc1ccc(C2(C)CN=C(N)N2C(C)C)c(OC)c1. The molecular formula is C15H23N3O2. The number of benzene rings is 1. The molecule has 0 fully saturated rings. The number of guanidine groups is 1. The minimum absolute atomic E-state index is 0.262. The van der Waals surface area contributed by atoms with Gasteiger partial charge in [-0.2, -0.15) is 0 Å². The van der Waals surface area contributed by atoms with Gasteiger partial charge in [-0.15, -0.1) is 0 Å². The van der Waals surface area contributed by atoms with Crippen molar-refractivity contribution in [2.75, 3.05) is 20.8 Å². The first-order valence-corrected chi connectivity index (χ1v) is 6.75. The molecule has 1 unspecified atom stereocenters. The van der Waals surface area contributed by atoms with Crippen LogP contribution >= 0.6 is 0 Å². The third kappa shape index (κ3) is 2.17. The van der Waals surface area contributed by atoms with E-state index in [2.05, 4.69) is 30.7 Å². The molecule has 1 aromatic rings. The third-order valence-electron chi connectivity index (χ3n) is 3.83. The highest BCUT2D eigenvalue weighted by atomic mass is 16.5. The zero-order chi connectivity index (χ0) is 14.9. The Morgan fingerprint density at radius 3 is 2.55 bits per heavy atom. The molecule has 2 N–H and O–H groups in total. The summed E-state index contributed by atoms with van der Waals surface area (Å²) in [7, 11) is 3.31. The topological polar surface area (TPSA) is 60.1 Å². The number of methoxy groups -OCH3 is 2. The fourth-order valence-electron chi connectivity index (χ4n) is 2.93. The van der Waals surface area contributed by atoms with E-state index in [9.17, 15) is 0 Å². The second kappa shape index (κ2) is 5.23. The molecule has 1 aromatic carbocycles. The van der Waals surface area contributed by atoms with Gasteiger partial charge in [0.15, 0.2) is 5.96 Å². The van der Waals surface area contributed by atoms with Crippen LogP contribution in [0.2, 0.25) is 0 Å².